The van der Waals surface area contributed by atoms with Crippen LogP contribution in [0.25, 0.3) is 0 Å². The van der Waals surface area contributed by atoms with Gasteiger partial charge in [0.25, 0.3) is 0 Å². The maximum absolute atomic E-state index is 8.44. The van der Waals surface area contributed by atoms with Gasteiger partial charge in [0.2, 0.25) is 0 Å². The Labute approximate surface area is 139 Å². The normalized spacial score (nSPS) is 11.3. The van der Waals surface area contributed by atoms with E-state index in [-0.39, 0.29) is 6.61 Å². The zero-order valence-electron chi connectivity index (χ0n) is 12.4. The molecule has 0 aliphatic carbocycles. The van der Waals surface area contributed by atoms with Crippen molar-refractivity contribution in [1.29, 1.82) is 5.26 Å². The first-order chi connectivity index (χ1) is 11.3. The molecule has 0 saturated heterocycles. The number of hydrogen-bond acceptors (Lipinski definition) is 5. The third-order valence-electron chi connectivity index (χ3n) is 2.78. The van der Waals surface area contributed by atoms with Crippen molar-refractivity contribution >= 4 is 23.1 Å². The van der Waals surface area contributed by atoms with Crippen molar-refractivity contribution in [3.8, 4) is 11.8 Å². The van der Waals surface area contributed by atoms with Gasteiger partial charge in [-0.05, 0) is 35.4 Å². The number of amidine groups is 1. The molecule has 2 N–H and O–H groups in total. The summed E-state index contributed by atoms with van der Waals surface area (Å²) >= 11 is 1.44. The van der Waals surface area contributed by atoms with E-state index in [1.165, 1.54) is 17.3 Å². The van der Waals surface area contributed by atoms with E-state index in [1.807, 2.05) is 48.5 Å². The van der Waals surface area contributed by atoms with Crippen LogP contribution in [0.5, 0.6) is 5.75 Å². The van der Waals surface area contributed by atoms with Crippen molar-refractivity contribution in [2.45, 2.75) is 5.75 Å². The maximum atomic E-state index is 8.44. The first-order valence-corrected chi connectivity index (χ1v) is 7.89. The lowest BCUT2D eigenvalue weighted by Crippen LogP contribution is -2.05. The largest absolute Gasteiger partial charge is 0.479 e. The van der Waals surface area contributed by atoms with Crippen LogP contribution < -0.4 is 10.5 Å². The van der Waals surface area contributed by atoms with Crippen molar-refractivity contribution in [1.82, 2.24) is 0 Å². The Kier molecular flexibility index (Phi) is 6.69. The standard InChI is InChI=1S/C17H16N4OS/c18-10-11-22-16-8-6-14(7-9-16)12-20-21-17(19)23-13-15-4-2-1-3-5-15/h1-9,12H,11,13H2,(H2,19,21). The molecule has 0 aromatic heterocycles. The highest BCUT2D eigenvalue weighted by Crippen LogP contribution is 2.12. The summed E-state index contributed by atoms with van der Waals surface area (Å²) in [6.45, 7) is 0.0346. The van der Waals surface area contributed by atoms with Crippen LogP contribution in [-0.4, -0.2) is 18.0 Å². The van der Waals surface area contributed by atoms with Gasteiger partial charge in [-0.25, -0.2) is 0 Å². The molecule has 0 fully saturated rings. The predicted molar refractivity (Wildman–Crippen MR) is 94.5 cm³/mol. The molecular formula is C17H16N4OS. The summed E-state index contributed by atoms with van der Waals surface area (Å²) in [5.74, 6) is 1.40. The van der Waals surface area contributed by atoms with Gasteiger partial charge in [0.1, 0.15) is 11.8 Å². The molecule has 0 aliphatic rings. The van der Waals surface area contributed by atoms with E-state index >= 15 is 0 Å². The fourth-order valence-electron chi connectivity index (χ4n) is 1.68. The fraction of sp³-hybridized carbons (Fsp3) is 0.118. The third kappa shape index (κ3) is 6.24. The molecule has 116 valence electrons. The van der Waals surface area contributed by atoms with Crippen LogP contribution in [0.2, 0.25) is 0 Å². The average molecular weight is 324 g/mol. The molecule has 0 spiro atoms. The highest BCUT2D eigenvalue weighted by Gasteiger charge is 1.96. The monoisotopic (exact) mass is 324 g/mol. The number of thioether (sulfide) groups is 1. The van der Waals surface area contributed by atoms with E-state index in [9.17, 15) is 0 Å². The molecule has 0 unspecified atom stereocenters. The quantitative estimate of drug-likeness (QED) is 0.502. The zero-order chi connectivity index (χ0) is 16.3. The van der Waals surface area contributed by atoms with Crippen LogP contribution in [-0.2, 0) is 5.75 Å². The Morgan fingerprint density at radius 3 is 2.61 bits per heavy atom. The third-order valence-corrected chi connectivity index (χ3v) is 3.63. The van der Waals surface area contributed by atoms with Crippen LogP contribution in [0, 0.1) is 11.3 Å². The maximum Gasteiger partial charge on any atom is 0.180 e. The minimum Gasteiger partial charge on any atom is -0.479 e. The number of hydrogen-bond donors (Lipinski definition) is 1. The van der Waals surface area contributed by atoms with E-state index in [4.69, 9.17) is 15.7 Å². The number of ether oxygens (including phenoxy) is 1. The molecule has 0 atom stereocenters. The van der Waals surface area contributed by atoms with Gasteiger partial charge in [-0.3, -0.25) is 0 Å². The molecule has 0 radical (unpaired) electrons. The van der Waals surface area contributed by atoms with Gasteiger partial charge in [-0.1, -0.05) is 42.1 Å². The highest BCUT2D eigenvalue weighted by molar-refractivity contribution is 8.13. The molecule has 6 heteroatoms. The zero-order valence-corrected chi connectivity index (χ0v) is 13.2. The summed E-state index contributed by atoms with van der Waals surface area (Å²) in [5, 5.41) is 16.8. The second kappa shape index (κ2) is 9.28. The second-order valence-corrected chi connectivity index (χ2v) is 5.47. The van der Waals surface area contributed by atoms with Gasteiger partial charge in [0.15, 0.2) is 11.8 Å². The Balaban J connectivity index is 1.83. The first kappa shape index (κ1) is 16.6. The van der Waals surface area contributed by atoms with Crippen molar-refractivity contribution in [2.75, 3.05) is 6.61 Å². The first-order valence-electron chi connectivity index (χ1n) is 6.91. The molecular weight excluding hydrogens is 308 g/mol. The fourth-order valence-corrected chi connectivity index (χ4v) is 2.29. The number of benzene rings is 2. The van der Waals surface area contributed by atoms with E-state index in [0.29, 0.717) is 10.9 Å². The smallest absolute Gasteiger partial charge is 0.180 e. The minimum atomic E-state index is 0.0346. The number of nitrogens with zero attached hydrogens (tertiary/aromatic N) is 3. The highest BCUT2D eigenvalue weighted by atomic mass is 32.2. The van der Waals surface area contributed by atoms with Gasteiger partial charge in [0, 0.05) is 5.75 Å². The molecule has 0 heterocycles. The van der Waals surface area contributed by atoms with E-state index < -0.39 is 0 Å². The Morgan fingerprint density at radius 1 is 1.17 bits per heavy atom. The van der Waals surface area contributed by atoms with Crippen molar-refractivity contribution in [3.05, 3.63) is 65.7 Å². The van der Waals surface area contributed by atoms with Crippen LogP contribution in [0.3, 0.4) is 0 Å². The number of nitriles is 1. The van der Waals surface area contributed by atoms with Gasteiger partial charge in [-0.15, -0.1) is 5.10 Å². The lowest BCUT2D eigenvalue weighted by atomic mass is 10.2. The summed E-state index contributed by atoms with van der Waals surface area (Å²) in [7, 11) is 0. The molecule has 2 aromatic carbocycles. The average Bonchev–Trinajstić information content (AvgIpc) is 2.60. The van der Waals surface area contributed by atoms with E-state index in [2.05, 4.69) is 10.2 Å². The minimum absolute atomic E-state index is 0.0346. The summed E-state index contributed by atoms with van der Waals surface area (Å²) in [6, 6.07) is 19.2. The van der Waals surface area contributed by atoms with Gasteiger partial charge < -0.3 is 10.5 Å². The molecule has 23 heavy (non-hydrogen) atoms. The van der Waals surface area contributed by atoms with Crippen LogP contribution in [0.15, 0.2) is 64.8 Å². The lowest BCUT2D eigenvalue weighted by Gasteiger charge is -2.00. The Hall–Kier alpha value is -2.78. The van der Waals surface area contributed by atoms with E-state index in [0.717, 1.165) is 11.3 Å². The molecule has 2 rings (SSSR count). The Bertz CT molecular complexity index is 706. The van der Waals surface area contributed by atoms with Crippen LogP contribution in [0.1, 0.15) is 11.1 Å². The topological polar surface area (TPSA) is 83.8 Å². The van der Waals surface area contributed by atoms with Crippen molar-refractivity contribution in [3.63, 3.8) is 0 Å². The molecule has 0 bridgehead atoms. The van der Waals surface area contributed by atoms with Crippen molar-refractivity contribution in [2.24, 2.45) is 15.9 Å². The summed E-state index contributed by atoms with van der Waals surface area (Å²) in [4.78, 5) is 0. The molecule has 0 saturated carbocycles. The second-order valence-electron chi connectivity index (χ2n) is 4.47. The van der Waals surface area contributed by atoms with Gasteiger partial charge in [-0.2, -0.15) is 10.4 Å². The lowest BCUT2D eigenvalue weighted by molar-refractivity contribution is 0.368. The molecule has 2 aromatic rings. The van der Waals surface area contributed by atoms with Gasteiger partial charge >= 0.3 is 0 Å². The summed E-state index contributed by atoms with van der Waals surface area (Å²) < 4.78 is 5.17. The predicted octanol–water partition coefficient (Wildman–Crippen LogP) is 3.17. The SMILES string of the molecule is N#CCOc1ccc(C=NN=C(N)SCc2ccccc2)cc1. The number of nitrogens with two attached hydrogens (primary N) is 1. The van der Waals surface area contributed by atoms with Crippen molar-refractivity contribution < 1.29 is 4.74 Å². The van der Waals surface area contributed by atoms with Gasteiger partial charge in [0.05, 0.1) is 6.21 Å². The molecule has 0 aliphatic heterocycles. The Morgan fingerprint density at radius 2 is 1.91 bits per heavy atom. The summed E-state index contributed by atoms with van der Waals surface area (Å²) in [5.41, 5.74) is 7.87. The number of rotatable bonds is 6. The van der Waals surface area contributed by atoms with Crippen LogP contribution in [0.4, 0.5) is 0 Å². The van der Waals surface area contributed by atoms with E-state index in [1.54, 1.807) is 18.3 Å². The molecule has 0 amide bonds. The summed E-state index contributed by atoms with van der Waals surface area (Å²) in [6.07, 6.45) is 1.62. The molecule has 5 nitrogen and oxygen atoms in total. The van der Waals surface area contributed by atoms with Crippen LogP contribution >= 0.6 is 11.8 Å².